The fourth-order valence-corrected chi connectivity index (χ4v) is 1.82. The molecule has 1 saturated heterocycles. The van der Waals surface area contributed by atoms with Gasteiger partial charge in [0.15, 0.2) is 0 Å². The molecule has 0 saturated carbocycles. The second-order valence-electron chi connectivity index (χ2n) is 4.16. The van der Waals surface area contributed by atoms with E-state index >= 15 is 0 Å². The zero-order chi connectivity index (χ0) is 9.84. The maximum atomic E-state index is 11.5. The average molecular weight is 184 g/mol. The predicted molar refractivity (Wildman–Crippen MR) is 53.5 cm³/mol. The Morgan fingerprint density at radius 2 is 2.31 bits per heavy atom. The summed E-state index contributed by atoms with van der Waals surface area (Å²) in [5.74, 6) is 1.65. The van der Waals surface area contributed by atoms with Gasteiger partial charge in [-0.2, -0.15) is 0 Å². The van der Waals surface area contributed by atoms with Gasteiger partial charge in [-0.05, 0) is 25.3 Å². The number of likely N-dealkylation sites (tertiary alicyclic amines) is 1. The Morgan fingerprint density at radius 1 is 1.62 bits per heavy atom. The first-order valence-corrected chi connectivity index (χ1v) is 5.07. The quantitative estimate of drug-likeness (QED) is 0.700. The lowest BCUT2D eigenvalue weighted by Gasteiger charge is -2.17. The largest absolute Gasteiger partial charge is 0.341 e. The first kappa shape index (κ1) is 10.5. The van der Waals surface area contributed by atoms with E-state index < -0.39 is 0 Å². The number of amides is 1. The van der Waals surface area contributed by atoms with E-state index in [-0.39, 0.29) is 5.91 Å². The van der Waals surface area contributed by atoms with Gasteiger partial charge in [0, 0.05) is 13.1 Å². The normalized spacial score (nSPS) is 22.8. The highest BCUT2D eigenvalue weighted by Gasteiger charge is 2.27. The molecule has 0 aromatic rings. The van der Waals surface area contributed by atoms with Crippen LogP contribution in [0.1, 0.15) is 20.3 Å². The Morgan fingerprint density at radius 3 is 2.77 bits per heavy atom. The number of carbonyl (C=O) groups is 1. The highest BCUT2D eigenvalue weighted by Crippen LogP contribution is 2.23. The van der Waals surface area contributed by atoms with Gasteiger partial charge in [-0.1, -0.05) is 13.8 Å². The zero-order valence-corrected chi connectivity index (χ0v) is 8.84. The molecule has 0 aromatic heterocycles. The van der Waals surface area contributed by atoms with E-state index in [9.17, 15) is 4.79 Å². The van der Waals surface area contributed by atoms with Gasteiger partial charge in [0.25, 0.3) is 0 Å². The monoisotopic (exact) mass is 184 g/mol. The number of hydrogen-bond acceptors (Lipinski definition) is 2. The SMILES string of the molecule is CNCC(=O)N1CC[C@@H](C(C)C)C1. The van der Waals surface area contributed by atoms with Gasteiger partial charge < -0.3 is 10.2 Å². The highest BCUT2D eigenvalue weighted by atomic mass is 16.2. The molecular formula is C10H20N2O. The Bertz CT molecular complexity index is 180. The number of nitrogens with one attached hydrogen (secondary N) is 1. The van der Waals surface area contributed by atoms with E-state index in [0.29, 0.717) is 18.4 Å². The number of nitrogens with zero attached hydrogens (tertiary/aromatic N) is 1. The highest BCUT2D eigenvalue weighted by molar-refractivity contribution is 5.78. The van der Waals surface area contributed by atoms with Crippen molar-refractivity contribution in [3.63, 3.8) is 0 Å². The van der Waals surface area contributed by atoms with Crippen molar-refractivity contribution in [3.05, 3.63) is 0 Å². The lowest BCUT2D eigenvalue weighted by atomic mass is 9.95. The molecule has 1 atom stereocenters. The van der Waals surface area contributed by atoms with E-state index in [0.717, 1.165) is 13.1 Å². The number of likely N-dealkylation sites (N-methyl/N-ethyl adjacent to an activating group) is 1. The molecule has 0 aromatic carbocycles. The van der Waals surface area contributed by atoms with Crippen molar-refractivity contribution in [3.8, 4) is 0 Å². The van der Waals surface area contributed by atoms with E-state index in [1.54, 1.807) is 0 Å². The van der Waals surface area contributed by atoms with Gasteiger partial charge in [-0.25, -0.2) is 0 Å². The van der Waals surface area contributed by atoms with E-state index in [4.69, 9.17) is 0 Å². The van der Waals surface area contributed by atoms with Crippen LogP contribution in [0.25, 0.3) is 0 Å². The van der Waals surface area contributed by atoms with Crippen molar-refractivity contribution in [2.45, 2.75) is 20.3 Å². The van der Waals surface area contributed by atoms with Crippen LogP contribution in [0.15, 0.2) is 0 Å². The molecule has 13 heavy (non-hydrogen) atoms. The first-order valence-electron chi connectivity index (χ1n) is 5.07. The number of hydrogen-bond donors (Lipinski definition) is 1. The Labute approximate surface area is 80.5 Å². The molecule has 76 valence electrons. The van der Waals surface area contributed by atoms with Gasteiger partial charge in [0.2, 0.25) is 5.91 Å². The first-order chi connectivity index (χ1) is 6.15. The van der Waals surface area contributed by atoms with Crippen molar-refractivity contribution >= 4 is 5.91 Å². The fraction of sp³-hybridized carbons (Fsp3) is 0.900. The Hall–Kier alpha value is -0.570. The van der Waals surface area contributed by atoms with Gasteiger partial charge in [0.1, 0.15) is 0 Å². The molecule has 1 amide bonds. The molecule has 0 spiro atoms. The summed E-state index contributed by atoms with van der Waals surface area (Å²) in [6, 6.07) is 0. The summed E-state index contributed by atoms with van der Waals surface area (Å²) in [6.07, 6.45) is 1.17. The van der Waals surface area contributed by atoms with Crippen molar-refractivity contribution in [1.29, 1.82) is 0 Å². The van der Waals surface area contributed by atoms with E-state index in [1.165, 1.54) is 6.42 Å². The summed E-state index contributed by atoms with van der Waals surface area (Å²) < 4.78 is 0. The molecule has 3 heteroatoms. The molecule has 0 unspecified atom stereocenters. The minimum absolute atomic E-state index is 0.241. The average Bonchev–Trinajstić information content (AvgIpc) is 2.52. The van der Waals surface area contributed by atoms with Crippen molar-refractivity contribution in [2.75, 3.05) is 26.7 Å². The van der Waals surface area contributed by atoms with Crippen LogP contribution in [-0.2, 0) is 4.79 Å². The van der Waals surface area contributed by atoms with Crippen LogP contribution in [0.3, 0.4) is 0 Å². The molecular weight excluding hydrogens is 164 g/mol. The predicted octanol–water partition coefficient (Wildman–Crippen LogP) is 0.710. The van der Waals surface area contributed by atoms with Crippen molar-refractivity contribution < 1.29 is 4.79 Å². The molecule has 0 bridgehead atoms. The van der Waals surface area contributed by atoms with Gasteiger partial charge >= 0.3 is 0 Å². The summed E-state index contributed by atoms with van der Waals surface area (Å²) >= 11 is 0. The lowest BCUT2D eigenvalue weighted by Crippen LogP contribution is -2.35. The standard InChI is InChI=1S/C10H20N2O/c1-8(2)9-4-5-12(7-9)10(13)6-11-3/h8-9,11H,4-7H2,1-3H3/t9-/m1/s1. The fourth-order valence-electron chi connectivity index (χ4n) is 1.82. The lowest BCUT2D eigenvalue weighted by molar-refractivity contribution is -0.129. The summed E-state index contributed by atoms with van der Waals surface area (Å²) in [6.45, 7) is 6.85. The smallest absolute Gasteiger partial charge is 0.236 e. The van der Waals surface area contributed by atoms with Crippen molar-refractivity contribution in [2.24, 2.45) is 11.8 Å². The number of carbonyl (C=O) groups excluding carboxylic acids is 1. The van der Waals surface area contributed by atoms with Gasteiger partial charge in [-0.3, -0.25) is 4.79 Å². The number of rotatable bonds is 3. The summed E-state index contributed by atoms with van der Waals surface area (Å²) in [7, 11) is 1.81. The second kappa shape index (κ2) is 4.61. The topological polar surface area (TPSA) is 32.3 Å². The zero-order valence-electron chi connectivity index (χ0n) is 8.84. The van der Waals surface area contributed by atoms with Crippen LogP contribution in [-0.4, -0.2) is 37.5 Å². The van der Waals surface area contributed by atoms with Crippen LogP contribution in [0.5, 0.6) is 0 Å². The minimum Gasteiger partial charge on any atom is -0.341 e. The van der Waals surface area contributed by atoms with Crippen LogP contribution in [0.2, 0.25) is 0 Å². The second-order valence-corrected chi connectivity index (χ2v) is 4.16. The summed E-state index contributed by atoms with van der Waals surface area (Å²) in [5, 5.41) is 2.90. The summed E-state index contributed by atoms with van der Waals surface area (Å²) in [5.41, 5.74) is 0. The molecule has 1 heterocycles. The van der Waals surface area contributed by atoms with E-state index in [1.807, 2.05) is 11.9 Å². The third-order valence-electron chi connectivity index (χ3n) is 2.85. The summed E-state index contributed by atoms with van der Waals surface area (Å²) in [4.78, 5) is 13.5. The molecule has 0 aliphatic carbocycles. The Kier molecular flexibility index (Phi) is 3.72. The Balaban J connectivity index is 2.36. The molecule has 1 fully saturated rings. The third-order valence-corrected chi connectivity index (χ3v) is 2.85. The minimum atomic E-state index is 0.241. The van der Waals surface area contributed by atoms with Crippen LogP contribution in [0.4, 0.5) is 0 Å². The van der Waals surface area contributed by atoms with Crippen LogP contribution < -0.4 is 5.32 Å². The van der Waals surface area contributed by atoms with Crippen LogP contribution >= 0.6 is 0 Å². The molecule has 3 nitrogen and oxygen atoms in total. The van der Waals surface area contributed by atoms with Crippen LogP contribution in [0, 0.1) is 11.8 Å². The maximum Gasteiger partial charge on any atom is 0.236 e. The molecule has 1 aliphatic rings. The van der Waals surface area contributed by atoms with Gasteiger partial charge in [0.05, 0.1) is 6.54 Å². The van der Waals surface area contributed by atoms with Gasteiger partial charge in [-0.15, -0.1) is 0 Å². The molecule has 1 aliphatic heterocycles. The molecule has 1 rings (SSSR count). The third kappa shape index (κ3) is 2.69. The van der Waals surface area contributed by atoms with E-state index in [2.05, 4.69) is 19.2 Å². The molecule has 1 N–H and O–H groups in total. The molecule has 0 radical (unpaired) electrons. The van der Waals surface area contributed by atoms with Crippen molar-refractivity contribution in [1.82, 2.24) is 10.2 Å². The maximum absolute atomic E-state index is 11.5.